The van der Waals surface area contributed by atoms with Gasteiger partial charge in [-0.05, 0) is 36.2 Å². The summed E-state index contributed by atoms with van der Waals surface area (Å²) in [5.74, 6) is 0.814. The number of oxazole rings is 1. The van der Waals surface area contributed by atoms with Crippen LogP contribution >= 0.6 is 0 Å². The van der Waals surface area contributed by atoms with E-state index in [1.54, 1.807) is 31.3 Å². The van der Waals surface area contributed by atoms with Gasteiger partial charge in [-0.2, -0.15) is 0 Å². The van der Waals surface area contributed by atoms with Gasteiger partial charge in [-0.1, -0.05) is 6.07 Å². The predicted molar refractivity (Wildman–Crippen MR) is 91.0 cm³/mol. The molecule has 1 aromatic heterocycles. The molecule has 3 aromatic rings. The van der Waals surface area contributed by atoms with Crippen LogP contribution in [0.1, 0.15) is 12.0 Å². The van der Waals surface area contributed by atoms with Crippen molar-refractivity contribution in [3.05, 3.63) is 52.5 Å². The average Bonchev–Trinajstić information content (AvgIpc) is 3.18. The fraction of sp³-hybridized carbons (Fsp3) is 0.222. The number of hydrogen-bond donors (Lipinski definition) is 1. The zero-order chi connectivity index (χ0) is 17.4. The topological polar surface area (TPSA) is 82.7 Å². The molecule has 25 heavy (non-hydrogen) atoms. The summed E-state index contributed by atoms with van der Waals surface area (Å²) >= 11 is 0. The van der Waals surface area contributed by atoms with Gasteiger partial charge in [0.15, 0.2) is 17.1 Å². The maximum atomic E-state index is 12.2. The van der Waals surface area contributed by atoms with E-state index < -0.39 is 5.76 Å². The van der Waals surface area contributed by atoms with Gasteiger partial charge in [0.2, 0.25) is 12.7 Å². The van der Waals surface area contributed by atoms with Crippen LogP contribution in [0.15, 0.2) is 45.6 Å². The molecule has 0 unspecified atom stereocenters. The Bertz CT molecular complexity index is 1020. The minimum absolute atomic E-state index is 0.0972. The van der Waals surface area contributed by atoms with E-state index >= 15 is 0 Å². The van der Waals surface area contributed by atoms with Crippen LogP contribution in [0.4, 0.5) is 5.69 Å². The molecule has 0 radical (unpaired) electrons. The molecule has 0 saturated carbocycles. The van der Waals surface area contributed by atoms with Crippen molar-refractivity contribution in [3.63, 3.8) is 0 Å². The number of anilines is 1. The summed E-state index contributed by atoms with van der Waals surface area (Å²) in [5.41, 5.74) is 2.89. The number of nitrogens with one attached hydrogen (secondary N) is 1. The lowest BCUT2D eigenvalue weighted by Gasteiger charge is -2.06. The van der Waals surface area contributed by atoms with Gasteiger partial charge >= 0.3 is 5.76 Å². The first-order valence-electron chi connectivity index (χ1n) is 7.88. The Morgan fingerprint density at radius 3 is 2.88 bits per heavy atom. The number of aromatic nitrogens is 1. The van der Waals surface area contributed by atoms with Crippen molar-refractivity contribution in [2.24, 2.45) is 7.05 Å². The Balaban J connectivity index is 1.41. The summed E-state index contributed by atoms with van der Waals surface area (Å²) in [4.78, 5) is 23.7. The molecular formula is C18H16N2O5. The van der Waals surface area contributed by atoms with Crippen molar-refractivity contribution in [2.75, 3.05) is 12.1 Å². The van der Waals surface area contributed by atoms with E-state index in [9.17, 15) is 9.59 Å². The van der Waals surface area contributed by atoms with E-state index in [4.69, 9.17) is 13.9 Å². The molecule has 7 nitrogen and oxygen atoms in total. The van der Waals surface area contributed by atoms with Gasteiger partial charge in [0.1, 0.15) is 0 Å². The second-order valence-electron chi connectivity index (χ2n) is 5.85. The van der Waals surface area contributed by atoms with Crippen molar-refractivity contribution in [2.45, 2.75) is 12.8 Å². The third-order valence-corrected chi connectivity index (χ3v) is 4.15. The smallest absolute Gasteiger partial charge is 0.419 e. The van der Waals surface area contributed by atoms with Gasteiger partial charge in [0, 0.05) is 25.2 Å². The quantitative estimate of drug-likeness (QED) is 0.789. The molecule has 0 fully saturated rings. The van der Waals surface area contributed by atoms with E-state index in [1.807, 2.05) is 12.1 Å². The van der Waals surface area contributed by atoms with Crippen molar-refractivity contribution in [1.82, 2.24) is 4.57 Å². The molecule has 1 aliphatic rings. The molecule has 0 spiro atoms. The summed E-state index contributed by atoms with van der Waals surface area (Å²) in [6.07, 6.45) is 0.886. The van der Waals surface area contributed by atoms with E-state index in [-0.39, 0.29) is 12.7 Å². The van der Waals surface area contributed by atoms with Crippen molar-refractivity contribution in [3.8, 4) is 11.5 Å². The minimum Gasteiger partial charge on any atom is -0.454 e. The zero-order valence-electron chi connectivity index (χ0n) is 13.6. The maximum absolute atomic E-state index is 12.2. The van der Waals surface area contributed by atoms with Gasteiger partial charge in [-0.15, -0.1) is 0 Å². The highest BCUT2D eigenvalue weighted by atomic mass is 16.7. The number of aryl methyl sites for hydroxylation is 2. The summed E-state index contributed by atoms with van der Waals surface area (Å²) in [7, 11) is 1.66. The van der Waals surface area contributed by atoms with Gasteiger partial charge in [-0.3, -0.25) is 9.36 Å². The van der Waals surface area contributed by atoms with Crippen molar-refractivity contribution >= 4 is 22.7 Å². The first-order valence-corrected chi connectivity index (χ1v) is 7.88. The molecular weight excluding hydrogens is 324 g/mol. The molecule has 128 valence electrons. The number of fused-ring (bicyclic) bond motifs is 2. The van der Waals surface area contributed by atoms with Crippen LogP contribution in [0.3, 0.4) is 0 Å². The Morgan fingerprint density at radius 1 is 1.16 bits per heavy atom. The van der Waals surface area contributed by atoms with Gasteiger partial charge < -0.3 is 19.2 Å². The van der Waals surface area contributed by atoms with Crippen LogP contribution in [-0.4, -0.2) is 17.3 Å². The lowest BCUT2D eigenvalue weighted by atomic mass is 10.1. The molecule has 0 saturated heterocycles. The maximum Gasteiger partial charge on any atom is 0.419 e. The van der Waals surface area contributed by atoms with Crippen LogP contribution in [0.2, 0.25) is 0 Å². The first kappa shape index (κ1) is 15.3. The largest absolute Gasteiger partial charge is 0.454 e. The van der Waals surface area contributed by atoms with Crippen molar-refractivity contribution in [1.29, 1.82) is 0 Å². The van der Waals surface area contributed by atoms with Crippen LogP contribution in [-0.2, 0) is 18.3 Å². The van der Waals surface area contributed by atoms with Crippen LogP contribution < -0.4 is 20.5 Å². The standard InChI is InChI=1S/C18H16N2O5/c1-20-13-8-11(2-5-14(13)25-18(20)22)3-7-17(21)19-12-4-6-15-16(9-12)24-10-23-15/h2,4-6,8-9H,3,7,10H2,1H3,(H,19,21). The molecule has 0 aliphatic carbocycles. The molecule has 0 bridgehead atoms. The fourth-order valence-electron chi connectivity index (χ4n) is 2.78. The Labute approximate surface area is 142 Å². The second-order valence-corrected chi connectivity index (χ2v) is 5.85. The summed E-state index contributed by atoms with van der Waals surface area (Å²) in [5, 5.41) is 2.85. The number of ether oxygens (including phenoxy) is 2. The number of amides is 1. The molecule has 4 rings (SSSR count). The van der Waals surface area contributed by atoms with Crippen LogP contribution in [0, 0.1) is 0 Å². The average molecular weight is 340 g/mol. The molecule has 1 aliphatic heterocycles. The lowest BCUT2D eigenvalue weighted by Crippen LogP contribution is -2.12. The zero-order valence-corrected chi connectivity index (χ0v) is 13.6. The minimum atomic E-state index is -0.396. The van der Waals surface area contributed by atoms with Gasteiger partial charge in [-0.25, -0.2) is 4.79 Å². The highest BCUT2D eigenvalue weighted by Crippen LogP contribution is 2.34. The SMILES string of the molecule is Cn1c(=O)oc2ccc(CCC(=O)Nc3ccc4c(c3)OCO4)cc21. The molecule has 0 atom stereocenters. The van der Waals surface area contributed by atoms with E-state index in [0.29, 0.717) is 35.6 Å². The summed E-state index contributed by atoms with van der Waals surface area (Å²) in [6, 6.07) is 10.8. The van der Waals surface area contributed by atoms with E-state index in [0.717, 1.165) is 11.1 Å². The lowest BCUT2D eigenvalue weighted by molar-refractivity contribution is -0.116. The number of rotatable bonds is 4. The number of nitrogens with zero attached hydrogens (tertiary/aromatic N) is 1. The molecule has 1 amide bonds. The number of carbonyl (C=O) groups excluding carboxylic acids is 1. The van der Waals surface area contributed by atoms with E-state index in [2.05, 4.69) is 5.32 Å². The Kier molecular flexibility index (Phi) is 3.68. The predicted octanol–water partition coefficient (Wildman–Crippen LogP) is 2.43. The number of carbonyl (C=O) groups is 1. The number of benzene rings is 2. The summed E-state index contributed by atoms with van der Waals surface area (Å²) < 4.78 is 17.1. The third-order valence-electron chi connectivity index (χ3n) is 4.15. The molecule has 7 heteroatoms. The normalized spacial score (nSPS) is 12.5. The van der Waals surface area contributed by atoms with Crippen LogP contribution in [0.25, 0.3) is 11.1 Å². The van der Waals surface area contributed by atoms with E-state index in [1.165, 1.54) is 4.57 Å². The Hall–Kier alpha value is -3.22. The van der Waals surface area contributed by atoms with Gasteiger partial charge in [0.05, 0.1) is 5.52 Å². The third kappa shape index (κ3) is 2.96. The summed E-state index contributed by atoms with van der Waals surface area (Å²) in [6.45, 7) is 0.200. The van der Waals surface area contributed by atoms with Gasteiger partial charge in [0.25, 0.3) is 0 Å². The number of hydrogen-bond acceptors (Lipinski definition) is 5. The highest BCUT2D eigenvalue weighted by Gasteiger charge is 2.14. The monoisotopic (exact) mass is 340 g/mol. The van der Waals surface area contributed by atoms with Crippen molar-refractivity contribution < 1.29 is 18.7 Å². The molecule has 2 heterocycles. The highest BCUT2D eigenvalue weighted by molar-refractivity contribution is 5.91. The molecule has 2 aromatic carbocycles. The first-order chi connectivity index (χ1) is 12.1. The second kappa shape index (κ2) is 6.01. The molecule has 1 N–H and O–H groups in total. The van der Waals surface area contributed by atoms with Crippen LogP contribution in [0.5, 0.6) is 11.5 Å². The Morgan fingerprint density at radius 2 is 2.00 bits per heavy atom. The fourth-order valence-corrected chi connectivity index (χ4v) is 2.78.